The van der Waals surface area contributed by atoms with Crippen molar-refractivity contribution in [1.82, 2.24) is 5.32 Å². The molecule has 90 valence electrons. The highest BCUT2D eigenvalue weighted by Gasteiger charge is 2.23. The van der Waals surface area contributed by atoms with Crippen molar-refractivity contribution in [1.29, 1.82) is 0 Å². The van der Waals surface area contributed by atoms with E-state index in [1.807, 2.05) is 0 Å². The minimum atomic E-state index is 0.389. The summed E-state index contributed by atoms with van der Waals surface area (Å²) in [6, 6.07) is 0. The summed E-state index contributed by atoms with van der Waals surface area (Å²) in [6.45, 7) is 4.83. The number of hydrogen-bond acceptors (Lipinski definition) is 2. The second kappa shape index (κ2) is 8.12. The first-order valence-corrected chi connectivity index (χ1v) is 6.70. The van der Waals surface area contributed by atoms with Crippen LogP contribution in [0.3, 0.4) is 0 Å². The van der Waals surface area contributed by atoms with E-state index in [4.69, 9.17) is 0 Å². The summed E-state index contributed by atoms with van der Waals surface area (Å²) < 4.78 is 0. The van der Waals surface area contributed by atoms with Crippen molar-refractivity contribution in [2.45, 2.75) is 51.9 Å². The first kappa shape index (κ1) is 13.0. The molecule has 1 unspecified atom stereocenters. The number of hydrogen-bond donors (Lipinski definition) is 2. The van der Waals surface area contributed by atoms with Crippen LogP contribution < -0.4 is 5.32 Å². The Labute approximate surface area is 94.5 Å². The molecule has 0 heterocycles. The lowest BCUT2D eigenvalue weighted by Crippen LogP contribution is -2.24. The average molecular weight is 213 g/mol. The molecule has 0 amide bonds. The Bertz CT molecular complexity index is 143. The second-order valence-electron chi connectivity index (χ2n) is 4.88. The fraction of sp³-hybridized carbons (Fsp3) is 1.00. The molecule has 0 aliphatic heterocycles. The number of aliphatic hydroxyl groups is 1. The van der Waals surface area contributed by atoms with Gasteiger partial charge in [-0.2, -0.15) is 0 Å². The standard InChI is InChI=1S/C13H27NO/c1-2-3-9-14-10-8-13(11-15)12-6-4-5-7-12/h12-15H,2-11H2,1H3. The van der Waals surface area contributed by atoms with E-state index in [1.165, 1.54) is 38.5 Å². The van der Waals surface area contributed by atoms with Gasteiger partial charge in [0.1, 0.15) is 0 Å². The number of aliphatic hydroxyl groups excluding tert-OH is 1. The lowest BCUT2D eigenvalue weighted by atomic mass is 9.89. The highest BCUT2D eigenvalue weighted by molar-refractivity contribution is 4.75. The van der Waals surface area contributed by atoms with Gasteiger partial charge in [0.05, 0.1) is 0 Å². The lowest BCUT2D eigenvalue weighted by molar-refractivity contribution is 0.167. The Morgan fingerprint density at radius 1 is 1.27 bits per heavy atom. The average Bonchev–Trinajstić information content (AvgIpc) is 2.77. The van der Waals surface area contributed by atoms with Crippen molar-refractivity contribution < 1.29 is 5.11 Å². The molecule has 1 saturated carbocycles. The van der Waals surface area contributed by atoms with Gasteiger partial charge in [0.25, 0.3) is 0 Å². The van der Waals surface area contributed by atoms with Crippen molar-refractivity contribution in [3.05, 3.63) is 0 Å². The summed E-state index contributed by atoms with van der Waals surface area (Å²) in [5.74, 6) is 1.37. The highest BCUT2D eigenvalue weighted by atomic mass is 16.3. The summed E-state index contributed by atoms with van der Waals surface area (Å²) in [4.78, 5) is 0. The van der Waals surface area contributed by atoms with Crippen LogP contribution in [0.25, 0.3) is 0 Å². The molecule has 1 aliphatic rings. The molecule has 1 atom stereocenters. The van der Waals surface area contributed by atoms with E-state index >= 15 is 0 Å². The van der Waals surface area contributed by atoms with Gasteiger partial charge in [-0.25, -0.2) is 0 Å². The van der Waals surface area contributed by atoms with Crippen molar-refractivity contribution >= 4 is 0 Å². The Kier molecular flexibility index (Phi) is 7.03. The summed E-state index contributed by atoms with van der Waals surface area (Å²) >= 11 is 0. The molecule has 2 heteroatoms. The molecule has 0 saturated heterocycles. The molecule has 1 rings (SSSR count). The maximum atomic E-state index is 9.36. The number of unbranched alkanes of at least 4 members (excludes halogenated alkanes) is 1. The van der Waals surface area contributed by atoms with E-state index in [0.717, 1.165) is 25.4 Å². The van der Waals surface area contributed by atoms with Gasteiger partial charge in [0, 0.05) is 6.61 Å². The molecular formula is C13H27NO. The second-order valence-corrected chi connectivity index (χ2v) is 4.88. The summed E-state index contributed by atoms with van der Waals surface area (Å²) in [7, 11) is 0. The first-order valence-electron chi connectivity index (χ1n) is 6.70. The first-order chi connectivity index (χ1) is 7.38. The molecule has 2 nitrogen and oxygen atoms in total. The lowest BCUT2D eigenvalue weighted by Gasteiger charge is -2.21. The molecule has 0 aromatic carbocycles. The fourth-order valence-electron chi connectivity index (χ4n) is 2.62. The van der Waals surface area contributed by atoms with Crippen molar-refractivity contribution in [2.75, 3.05) is 19.7 Å². The Morgan fingerprint density at radius 2 is 2.00 bits per heavy atom. The summed E-state index contributed by atoms with van der Waals surface area (Å²) in [5.41, 5.74) is 0. The molecule has 0 aromatic heterocycles. The van der Waals surface area contributed by atoms with Crippen LogP contribution in [-0.2, 0) is 0 Å². The maximum absolute atomic E-state index is 9.36. The van der Waals surface area contributed by atoms with Gasteiger partial charge in [-0.15, -0.1) is 0 Å². The topological polar surface area (TPSA) is 32.3 Å². The molecule has 0 spiro atoms. The quantitative estimate of drug-likeness (QED) is 0.607. The van der Waals surface area contributed by atoms with E-state index < -0.39 is 0 Å². The van der Waals surface area contributed by atoms with E-state index in [9.17, 15) is 5.11 Å². The molecule has 0 radical (unpaired) electrons. The van der Waals surface area contributed by atoms with Crippen LogP contribution in [0.4, 0.5) is 0 Å². The van der Waals surface area contributed by atoms with Crippen molar-refractivity contribution in [3.63, 3.8) is 0 Å². The van der Waals surface area contributed by atoms with Gasteiger partial charge in [0.15, 0.2) is 0 Å². The minimum Gasteiger partial charge on any atom is -0.396 e. The summed E-state index contributed by atoms with van der Waals surface area (Å²) in [5, 5.41) is 12.8. The van der Waals surface area contributed by atoms with E-state index in [1.54, 1.807) is 0 Å². The van der Waals surface area contributed by atoms with Crippen LogP contribution in [-0.4, -0.2) is 24.8 Å². The van der Waals surface area contributed by atoms with Crippen LogP contribution >= 0.6 is 0 Å². The number of nitrogens with one attached hydrogen (secondary N) is 1. The van der Waals surface area contributed by atoms with Gasteiger partial charge < -0.3 is 10.4 Å². The molecule has 15 heavy (non-hydrogen) atoms. The van der Waals surface area contributed by atoms with E-state index in [0.29, 0.717) is 12.5 Å². The molecule has 1 aliphatic carbocycles. The van der Waals surface area contributed by atoms with Crippen LogP contribution in [0, 0.1) is 11.8 Å². The van der Waals surface area contributed by atoms with Crippen LogP contribution in [0.15, 0.2) is 0 Å². The third kappa shape index (κ3) is 4.98. The smallest absolute Gasteiger partial charge is 0.0462 e. The Morgan fingerprint density at radius 3 is 2.60 bits per heavy atom. The SMILES string of the molecule is CCCCNCCC(CO)C1CCCC1. The molecular weight excluding hydrogens is 186 g/mol. The monoisotopic (exact) mass is 213 g/mol. The van der Waals surface area contributed by atoms with Gasteiger partial charge in [-0.3, -0.25) is 0 Å². The van der Waals surface area contributed by atoms with Crippen LogP contribution in [0.2, 0.25) is 0 Å². The van der Waals surface area contributed by atoms with Gasteiger partial charge in [0.2, 0.25) is 0 Å². The molecule has 0 aromatic rings. The third-order valence-electron chi connectivity index (χ3n) is 3.70. The van der Waals surface area contributed by atoms with Crippen LogP contribution in [0.1, 0.15) is 51.9 Å². The van der Waals surface area contributed by atoms with Crippen LogP contribution in [0.5, 0.6) is 0 Å². The molecule has 2 N–H and O–H groups in total. The fourth-order valence-corrected chi connectivity index (χ4v) is 2.62. The van der Waals surface area contributed by atoms with Gasteiger partial charge in [-0.1, -0.05) is 39.0 Å². The summed E-state index contributed by atoms with van der Waals surface area (Å²) in [6.07, 6.45) is 9.15. The molecule has 0 bridgehead atoms. The zero-order valence-corrected chi connectivity index (χ0v) is 10.2. The minimum absolute atomic E-state index is 0.389. The third-order valence-corrected chi connectivity index (χ3v) is 3.70. The Hall–Kier alpha value is -0.0800. The van der Waals surface area contributed by atoms with Crippen molar-refractivity contribution in [3.8, 4) is 0 Å². The predicted molar refractivity (Wildman–Crippen MR) is 64.9 cm³/mol. The van der Waals surface area contributed by atoms with E-state index in [2.05, 4.69) is 12.2 Å². The van der Waals surface area contributed by atoms with Gasteiger partial charge in [-0.05, 0) is 37.8 Å². The predicted octanol–water partition coefficient (Wildman–Crippen LogP) is 2.56. The highest BCUT2D eigenvalue weighted by Crippen LogP contribution is 2.32. The van der Waals surface area contributed by atoms with E-state index in [-0.39, 0.29) is 0 Å². The zero-order chi connectivity index (χ0) is 10.9. The zero-order valence-electron chi connectivity index (χ0n) is 10.2. The largest absolute Gasteiger partial charge is 0.396 e. The molecule has 1 fully saturated rings. The number of rotatable bonds is 8. The Balaban J connectivity index is 2.05. The maximum Gasteiger partial charge on any atom is 0.0462 e. The van der Waals surface area contributed by atoms with Gasteiger partial charge >= 0.3 is 0 Å². The normalized spacial score (nSPS) is 19.6. The van der Waals surface area contributed by atoms with Crippen molar-refractivity contribution in [2.24, 2.45) is 11.8 Å².